The number of rotatable bonds is 5. The zero-order valence-corrected chi connectivity index (χ0v) is 21.4. The van der Waals surface area contributed by atoms with Crippen molar-refractivity contribution in [2.24, 2.45) is 16.3 Å². The van der Waals surface area contributed by atoms with Gasteiger partial charge in [0, 0.05) is 16.8 Å². The van der Waals surface area contributed by atoms with Gasteiger partial charge in [-0.2, -0.15) is 0 Å². The number of hydrogen-bond acceptors (Lipinski definition) is 5. The highest BCUT2D eigenvalue weighted by atomic mass is 35.5. The van der Waals surface area contributed by atoms with Crippen molar-refractivity contribution in [3.8, 4) is 11.5 Å². The van der Waals surface area contributed by atoms with Crippen LogP contribution < -0.4 is 10.1 Å². The lowest BCUT2D eigenvalue weighted by Gasteiger charge is -2.33. The molecule has 0 bridgehead atoms. The Morgan fingerprint density at radius 1 is 1.26 bits per heavy atom. The number of fused-ring (bicyclic) bond motifs is 1. The molecule has 0 unspecified atom stereocenters. The average Bonchev–Trinajstić information content (AvgIpc) is 3.17. The van der Waals surface area contributed by atoms with Gasteiger partial charge < -0.3 is 15.2 Å². The van der Waals surface area contributed by atoms with Gasteiger partial charge in [0.05, 0.1) is 17.7 Å². The fourth-order valence-electron chi connectivity index (χ4n) is 4.31. The molecule has 0 spiro atoms. The highest BCUT2D eigenvalue weighted by molar-refractivity contribution is 7.16. The number of nitrogens with zero attached hydrogens (tertiary/aromatic N) is 1. The van der Waals surface area contributed by atoms with E-state index in [1.807, 2.05) is 30.3 Å². The van der Waals surface area contributed by atoms with Gasteiger partial charge in [0.1, 0.15) is 5.00 Å². The number of carbonyl (C=O) groups is 1. The van der Waals surface area contributed by atoms with Crippen LogP contribution in [0.5, 0.6) is 11.5 Å². The summed E-state index contributed by atoms with van der Waals surface area (Å²) in [6, 6.07) is 12.7. The molecule has 5 nitrogen and oxygen atoms in total. The molecule has 1 amide bonds. The van der Waals surface area contributed by atoms with Gasteiger partial charge >= 0.3 is 0 Å². The van der Waals surface area contributed by atoms with Gasteiger partial charge in [-0.1, -0.05) is 50.6 Å². The molecule has 0 saturated heterocycles. The van der Waals surface area contributed by atoms with E-state index >= 15 is 0 Å². The van der Waals surface area contributed by atoms with E-state index in [4.69, 9.17) is 21.3 Å². The Kier molecular flexibility index (Phi) is 7.01. The highest BCUT2D eigenvalue weighted by Gasteiger charge is 2.33. The summed E-state index contributed by atoms with van der Waals surface area (Å²) in [4.78, 5) is 19.4. The number of para-hydroxylation sites is 1. The maximum Gasteiger partial charge on any atom is 0.259 e. The number of amides is 1. The number of phenols is 1. The average molecular weight is 497 g/mol. The fourth-order valence-corrected chi connectivity index (χ4v) is 5.80. The number of halogens is 1. The van der Waals surface area contributed by atoms with E-state index in [2.05, 4.69) is 26.1 Å². The Morgan fingerprint density at radius 2 is 2.00 bits per heavy atom. The molecular weight excluding hydrogens is 468 g/mol. The largest absolute Gasteiger partial charge is 0.503 e. The van der Waals surface area contributed by atoms with E-state index < -0.39 is 0 Å². The Morgan fingerprint density at radius 3 is 2.68 bits per heavy atom. The second-order valence-electron chi connectivity index (χ2n) is 9.62. The molecule has 1 heterocycles. The zero-order valence-electron chi connectivity index (χ0n) is 19.8. The molecule has 0 saturated carbocycles. The number of anilines is 1. The minimum atomic E-state index is -0.147. The summed E-state index contributed by atoms with van der Waals surface area (Å²) in [5, 5.41) is 13.9. The van der Waals surface area contributed by atoms with Crippen molar-refractivity contribution in [3.63, 3.8) is 0 Å². The summed E-state index contributed by atoms with van der Waals surface area (Å²) in [6.07, 6.45) is 4.52. The Balaban J connectivity index is 1.72. The number of thiophene rings is 1. The summed E-state index contributed by atoms with van der Waals surface area (Å²) in [6.45, 7) is 6.83. The number of methoxy groups -OCH3 is 1. The van der Waals surface area contributed by atoms with Crippen molar-refractivity contribution < 1.29 is 14.6 Å². The van der Waals surface area contributed by atoms with Crippen molar-refractivity contribution in [1.29, 1.82) is 0 Å². The standard InChI is InChI=1S/C27H29ClN2O3S/c1-27(2,3)17-10-11-19-22(14-17)34-26(23(19)25(32)30-18-8-6-5-7-9-18)29-15-16-12-20(28)24(31)21(13-16)33-4/h5-9,12-13,15,17,31H,10-11,14H2,1-4H3,(H,30,32)/t17-/m1/s1. The second-order valence-corrected chi connectivity index (χ2v) is 11.1. The molecule has 7 heteroatoms. The van der Waals surface area contributed by atoms with Crippen LogP contribution in [-0.4, -0.2) is 24.3 Å². The van der Waals surface area contributed by atoms with Gasteiger partial charge in [-0.15, -0.1) is 11.3 Å². The van der Waals surface area contributed by atoms with Crippen LogP contribution in [-0.2, 0) is 12.8 Å². The molecule has 34 heavy (non-hydrogen) atoms. The first-order chi connectivity index (χ1) is 16.2. The molecule has 1 aromatic heterocycles. The minimum absolute atomic E-state index is 0.107. The normalized spacial score (nSPS) is 15.9. The highest BCUT2D eigenvalue weighted by Crippen LogP contribution is 2.45. The second kappa shape index (κ2) is 9.80. The topological polar surface area (TPSA) is 70.9 Å². The number of benzene rings is 2. The molecule has 0 aliphatic heterocycles. The van der Waals surface area contributed by atoms with Crippen molar-refractivity contribution in [2.75, 3.05) is 12.4 Å². The number of hydrogen-bond donors (Lipinski definition) is 2. The van der Waals surface area contributed by atoms with Gasteiger partial charge in [-0.25, -0.2) is 4.99 Å². The maximum absolute atomic E-state index is 13.4. The van der Waals surface area contributed by atoms with Gasteiger partial charge in [0.2, 0.25) is 0 Å². The minimum Gasteiger partial charge on any atom is -0.503 e. The predicted octanol–water partition coefficient (Wildman–Crippen LogP) is 7.27. The van der Waals surface area contributed by atoms with Crippen molar-refractivity contribution >= 4 is 45.7 Å². The molecule has 3 aromatic rings. The molecule has 0 radical (unpaired) electrons. The molecule has 1 aliphatic rings. The molecule has 4 rings (SSSR count). The first-order valence-electron chi connectivity index (χ1n) is 11.3. The number of ether oxygens (including phenoxy) is 1. The Bertz CT molecular complexity index is 1230. The summed E-state index contributed by atoms with van der Waals surface area (Å²) in [5.41, 5.74) is 3.38. The first-order valence-corrected chi connectivity index (χ1v) is 12.5. The number of nitrogens with one attached hydrogen (secondary N) is 1. The summed E-state index contributed by atoms with van der Waals surface area (Å²) >= 11 is 7.72. The Labute approximate surface area is 209 Å². The molecule has 178 valence electrons. The van der Waals surface area contributed by atoms with Crippen molar-refractivity contribution in [3.05, 3.63) is 69.1 Å². The molecular formula is C27H29ClN2O3S. The van der Waals surface area contributed by atoms with Gasteiger partial charge in [-0.3, -0.25) is 4.79 Å². The van der Waals surface area contributed by atoms with E-state index in [0.29, 0.717) is 22.0 Å². The van der Waals surface area contributed by atoms with Crippen LogP contribution >= 0.6 is 22.9 Å². The monoisotopic (exact) mass is 496 g/mol. The van der Waals surface area contributed by atoms with Crippen molar-refractivity contribution in [2.45, 2.75) is 40.0 Å². The van der Waals surface area contributed by atoms with E-state index in [1.54, 1.807) is 29.7 Å². The lowest BCUT2D eigenvalue weighted by Crippen LogP contribution is -2.27. The third-order valence-electron chi connectivity index (χ3n) is 6.33. The molecule has 0 fully saturated rings. The van der Waals surface area contributed by atoms with Crippen LogP contribution in [0.25, 0.3) is 0 Å². The third kappa shape index (κ3) is 5.13. The van der Waals surface area contributed by atoms with Crippen LogP contribution in [0.4, 0.5) is 10.7 Å². The molecule has 2 N–H and O–H groups in total. The van der Waals surface area contributed by atoms with E-state index in [-0.39, 0.29) is 27.8 Å². The quantitative estimate of drug-likeness (QED) is 0.365. The first kappa shape index (κ1) is 24.3. The number of aliphatic imine (C=N–C) groups is 1. The maximum atomic E-state index is 13.4. The van der Waals surface area contributed by atoms with E-state index in [1.165, 1.54) is 12.0 Å². The van der Waals surface area contributed by atoms with Gasteiger partial charge in [0.15, 0.2) is 11.5 Å². The fraction of sp³-hybridized carbons (Fsp3) is 0.333. The van der Waals surface area contributed by atoms with Gasteiger partial charge in [0.25, 0.3) is 5.91 Å². The van der Waals surface area contributed by atoms with Crippen LogP contribution in [0.1, 0.15) is 53.6 Å². The molecule has 1 aliphatic carbocycles. The van der Waals surface area contributed by atoms with E-state index in [0.717, 1.165) is 30.5 Å². The lowest BCUT2D eigenvalue weighted by atomic mass is 9.72. The summed E-state index contributed by atoms with van der Waals surface area (Å²) in [7, 11) is 1.47. The summed E-state index contributed by atoms with van der Waals surface area (Å²) in [5.74, 6) is 0.575. The van der Waals surface area contributed by atoms with E-state index in [9.17, 15) is 9.90 Å². The number of aromatic hydroxyl groups is 1. The van der Waals surface area contributed by atoms with Crippen LogP contribution in [0.15, 0.2) is 47.5 Å². The molecule has 2 aromatic carbocycles. The van der Waals surface area contributed by atoms with Gasteiger partial charge in [-0.05, 0) is 66.0 Å². The van der Waals surface area contributed by atoms with Crippen LogP contribution in [0.3, 0.4) is 0 Å². The smallest absolute Gasteiger partial charge is 0.259 e. The Hall–Kier alpha value is -2.83. The van der Waals surface area contributed by atoms with Crippen molar-refractivity contribution in [1.82, 2.24) is 0 Å². The number of phenolic OH excluding ortho intramolecular Hbond substituents is 1. The summed E-state index contributed by atoms with van der Waals surface area (Å²) < 4.78 is 5.20. The van der Waals surface area contributed by atoms with Crippen LogP contribution in [0, 0.1) is 11.3 Å². The number of carbonyl (C=O) groups excluding carboxylic acids is 1. The van der Waals surface area contributed by atoms with Crippen LogP contribution in [0.2, 0.25) is 5.02 Å². The SMILES string of the molecule is COc1cc(C=Nc2sc3c(c2C(=O)Nc2ccccc2)CC[C@@H](C(C)(C)C)C3)cc(Cl)c1O. The zero-order chi connectivity index (χ0) is 24.5. The molecule has 1 atom stereocenters. The predicted molar refractivity (Wildman–Crippen MR) is 141 cm³/mol. The lowest BCUT2D eigenvalue weighted by molar-refractivity contribution is 0.102. The third-order valence-corrected chi connectivity index (χ3v) is 7.78.